The molecule has 0 radical (unpaired) electrons. The molecular formula is C15H24N4O2. The molecule has 116 valence electrons. The number of carbonyl (C=O) groups is 1. The number of hydrogen-bond acceptors (Lipinski definition) is 4. The van der Waals surface area contributed by atoms with Crippen LogP contribution in [0, 0.1) is 0 Å². The summed E-state index contributed by atoms with van der Waals surface area (Å²) in [6, 6.07) is 0.260. The van der Waals surface area contributed by atoms with Crippen molar-refractivity contribution < 1.29 is 9.90 Å². The van der Waals surface area contributed by atoms with Crippen LogP contribution in [0.15, 0.2) is 6.20 Å². The van der Waals surface area contributed by atoms with Gasteiger partial charge in [0.1, 0.15) is 6.04 Å². The first-order valence-electron chi connectivity index (χ1n) is 8.11. The van der Waals surface area contributed by atoms with Crippen LogP contribution in [0.3, 0.4) is 0 Å². The summed E-state index contributed by atoms with van der Waals surface area (Å²) in [7, 11) is 0. The molecule has 6 heteroatoms. The van der Waals surface area contributed by atoms with Crippen molar-refractivity contribution in [2.24, 2.45) is 0 Å². The number of likely N-dealkylation sites (tertiary alicyclic amines) is 1. The largest absolute Gasteiger partial charge is 0.396 e. The number of carbonyl (C=O) groups excluding carboxylic acids is 1. The summed E-state index contributed by atoms with van der Waals surface area (Å²) < 4.78 is 1.72. The molecule has 1 saturated heterocycles. The van der Waals surface area contributed by atoms with E-state index in [-0.39, 0.29) is 18.6 Å². The van der Waals surface area contributed by atoms with Crippen molar-refractivity contribution in [1.82, 2.24) is 19.9 Å². The van der Waals surface area contributed by atoms with Crippen LogP contribution in [0.4, 0.5) is 0 Å². The Morgan fingerprint density at radius 2 is 2.05 bits per heavy atom. The van der Waals surface area contributed by atoms with Gasteiger partial charge in [-0.3, -0.25) is 4.79 Å². The zero-order valence-corrected chi connectivity index (χ0v) is 12.4. The first-order chi connectivity index (χ1) is 10.3. The molecule has 1 aromatic rings. The summed E-state index contributed by atoms with van der Waals surface area (Å²) in [5.41, 5.74) is 0.855. The lowest BCUT2D eigenvalue weighted by atomic mass is 9.94. The lowest BCUT2D eigenvalue weighted by molar-refractivity contribution is -0.133. The van der Waals surface area contributed by atoms with Crippen molar-refractivity contribution >= 4 is 5.91 Å². The maximum atomic E-state index is 12.6. The second-order valence-electron chi connectivity index (χ2n) is 6.14. The zero-order valence-electron chi connectivity index (χ0n) is 12.4. The van der Waals surface area contributed by atoms with Gasteiger partial charge in [-0.15, -0.1) is 5.10 Å². The normalized spacial score (nSPS) is 24.0. The zero-order chi connectivity index (χ0) is 14.7. The Kier molecular flexibility index (Phi) is 4.53. The number of aliphatic hydroxyl groups excluding tert-OH is 1. The molecule has 1 N–H and O–H groups in total. The summed E-state index contributed by atoms with van der Waals surface area (Å²) in [5, 5.41) is 17.1. The van der Waals surface area contributed by atoms with Gasteiger partial charge in [-0.2, -0.15) is 0 Å². The van der Waals surface area contributed by atoms with E-state index in [1.165, 1.54) is 19.3 Å². The topological polar surface area (TPSA) is 71.2 Å². The molecule has 1 unspecified atom stereocenters. The highest BCUT2D eigenvalue weighted by Crippen LogP contribution is 2.30. The minimum Gasteiger partial charge on any atom is -0.396 e. The maximum Gasteiger partial charge on any atom is 0.247 e. The minimum absolute atomic E-state index is 0.157. The lowest BCUT2D eigenvalue weighted by Crippen LogP contribution is -2.39. The molecule has 1 aromatic heterocycles. The van der Waals surface area contributed by atoms with E-state index in [9.17, 15) is 4.79 Å². The summed E-state index contributed by atoms with van der Waals surface area (Å²) in [5.74, 6) is 0.209. The van der Waals surface area contributed by atoms with Crippen LogP contribution in [0.25, 0.3) is 0 Å². The number of aromatic nitrogens is 3. The monoisotopic (exact) mass is 292 g/mol. The fourth-order valence-corrected chi connectivity index (χ4v) is 3.53. The lowest BCUT2D eigenvalue weighted by Gasteiger charge is -2.31. The van der Waals surface area contributed by atoms with E-state index >= 15 is 0 Å². The van der Waals surface area contributed by atoms with Gasteiger partial charge < -0.3 is 10.0 Å². The molecule has 0 bridgehead atoms. The molecule has 21 heavy (non-hydrogen) atoms. The number of nitrogens with zero attached hydrogens (tertiary/aromatic N) is 4. The molecule has 2 aliphatic rings. The maximum absolute atomic E-state index is 12.6. The third-order valence-electron chi connectivity index (χ3n) is 4.70. The molecule has 2 heterocycles. The fraction of sp³-hybridized carbons (Fsp3) is 0.800. The van der Waals surface area contributed by atoms with Crippen molar-refractivity contribution in [3.63, 3.8) is 0 Å². The van der Waals surface area contributed by atoms with Gasteiger partial charge in [0.25, 0.3) is 0 Å². The summed E-state index contributed by atoms with van der Waals surface area (Å²) >= 11 is 0. The van der Waals surface area contributed by atoms with E-state index in [2.05, 4.69) is 15.2 Å². The first kappa shape index (κ1) is 14.5. The third kappa shape index (κ3) is 3.10. The number of hydrogen-bond donors (Lipinski definition) is 1. The quantitative estimate of drug-likeness (QED) is 0.888. The molecule has 3 rings (SSSR count). The predicted octanol–water partition coefficient (Wildman–Crippen LogP) is 1.31. The molecule has 1 saturated carbocycles. The van der Waals surface area contributed by atoms with Crippen molar-refractivity contribution in [2.75, 3.05) is 13.2 Å². The number of rotatable bonds is 5. The van der Waals surface area contributed by atoms with Crippen molar-refractivity contribution in [2.45, 2.75) is 63.5 Å². The highest BCUT2D eigenvalue weighted by Gasteiger charge is 2.37. The Morgan fingerprint density at radius 1 is 1.24 bits per heavy atom. The predicted molar refractivity (Wildman–Crippen MR) is 77.7 cm³/mol. The Morgan fingerprint density at radius 3 is 2.81 bits per heavy atom. The first-order valence-corrected chi connectivity index (χ1v) is 8.11. The summed E-state index contributed by atoms with van der Waals surface area (Å²) in [4.78, 5) is 14.7. The molecule has 6 nitrogen and oxygen atoms in total. The van der Waals surface area contributed by atoms with Gasteiger partial charge in [0.15, 0.2) is 0 Å². The van der Waals surface area contributed by atoms with Crippen LogP contribution in [-0.2, 0) is 11.2 Å². The smallest absolute Gasteiger partial charge is 0.247 e. The minimum atomic E-state index is -0.178. The van der Waals surface area contributed by atoms with Crippen molar-refractivity contribution in [3.05, 3.63) is 11.9 Å². The van der Waals surface area contributed by atoms with Gasteiger partial charge in [-0.05, 0) is 32.1 Å². The van der Waals surface area contributed by atoms with Crippen LogP contribution in [0.5, 0.6) is 0 Å². The summed E-state index contributed by atoms with van der Waals surface area (Å²) in [6.07, 6.45) is 10.2. The van der Waals surface area contributed by atoms with Crippen LogP contribution in [0.2, 0.25) is 0 Å². The number of aryl methyl sites for hydroxylation is 1. The van der Waals surface area contributed by atoms with E-state index in [4.69, 9.17) is 5.11 Å². The number of amides is 1. The average Bonchev–Trinajstić information content (AvgIpc) is 3.12. The van der Waals surface area contributed by atoms with Crippen LogP contribution in [-0.4, -0.2) is 50.1 Å². The standard InChI is InChI=1S/C15H24N4O2/c20-10-4-5-12-11-19(17-16-12)14-8-9-18(15(14)21)13-6-2-1-3-7-13/h11,13-14,20H,1-10H2. The third-order valence-corrected chi connectivity index (χ3v) is 4.70. The van der Waals surface area contributed by atoms with E-state index in [1.807, 2.05) is 6.20 Å². The Hall–Kier alpha value is -1.43. The molecule has 0 spiro atoms. The second-order valence-corrected chi connectivity index (χ2v) is 6.14. The van der Waals surface area contributed by atoms with E-state index in [1.54, 1.807) is 4.68 Å². The highest BCUT2D eigenvalue weighted by molar-refractivity contribution is 5.82. The Bertz CT molecular complexity index is 482. The van der Waals surface area contributed by atoms with E-state index < -0.39 is 0 Å². The molecule has 1 amide bonds. The van der Waals surface area contributed by atoms with Gasteiger partial charge in [0.2, 0.25) is 5.91 Å². The van der Waals surface area contributed by atoms with E-state index in [0.29, 0.717) is 18.9 Å². The van der Waals surface area contributed by atoms with Gasteiger partial charge in [0.05, 0.1) is 5.69 Å². The molecule has 1 atom stereocenters. The molecule has 1 aliphatic heterocycles. The van der Waals surface area contributed by atoms with Gasteiger partial charge in [0, 0.05) is 25.4 Å². The van der Waals surface area contributed by atoms with Crippen LogP contribution in [0.1, 0.15) is 56.7 Å². The molecule has 2 fully saturated rings. The van der Waals surface area contributed by atoms with Crippen LogP contribution >= 0.6 is 0 Å². The van der Waals surface area contributed by atoms with E-state index in [0.717, 1.165) is 31.5 Å². The Labute approximate surface area is 125 Å². The SMILES string of the molecule is O=C1C(n2cc(CCCO)nn2)CCN1C1CCCCC1. The van der Waals surface area contributed by atoms with Crippen molar-refractivity contribution in [1.29, 1.82) is 0 Å². The van der Waals surface area contributed by atoms with Gasteiger partial charge in [-0.25, -0.2) is 4.68 Å². The van der Waals surface area contributed by atoms with Crippen molar-refractivity contribution in [3.8, 4) is 0 Å². The Balaban J connectivity index is 1.64. The summed E-state index contributed by atoms with van der Waals surface area (Å²) in [6.45, 7) is 1.00. The second kappa shape index (κ2) is 6.56. The van der Waals surface area contributed by atoms with Gasteiger partial charge >= 0.3 is 0 Å². The molecular weight excluding hydrogens is 268 g/mol. The molecule has 0 aromatic carbocycles. The molecule has 1 aliphatic carbocycles. The van der Waals surface area contributed by atoms with Gasteiger partial charge in [-0.1, -0.05) is 24.5 Å². The fourth-order valence-electron chi connectivity index (χ4n) is 3.53. The average molecular weight is 292 g/mol. The highest BCUT2D eigenvalue weighted by atomic mass is 16.3. The van der Waals surface area contributed by atoms with Crippen LogP contribution < -0.4 is 0 Å². The number of aliphatic hydroxyl groups is 1.